The van der Waals surface area contributed by atoms with Crippen LogP contribution in [0.2, 0.25) is 0 Å². The first kappa shape index (κ1) is 20.2. The Bertz CT molecular complexity index is 619. The van der Waals surface area contributed by atoms with Gasteiger partial charge >= 0.3 is 12.1 Å². The molecule has 0 saturated carbocycles. The summed E-state index contributed by atoms with van der Waals surface area (Å²) in [5.74, 6) is -0.644. The molecule has 0 bridgehead atoms. The highest BCUT2D eigenvalue weighted by Gasteiger charge is 2.32. The van der Waals surface area contributed by atoms with Crippen LogP contribution < -0.4 is 0 Å². The van der Waals surface area contributed by atoms with Gasteiger partial charge in [0.2, 0.25) is 0 Å². The summed E-state index contributed by atoms with van der Waals surface area (Å²) in [6.45, 7) is 7.53. The van der Waals surface area contributed by atoms with Gasteiger partial charge in [0.1, 0.15) is 17.5 Å². The Labute approximate surface area is 153 Å². The molecule has 1 fully saturated rings. The van der Waals surface area contributed by atoms with Crippen molar-refractivity contribution in [3.05, 3.63) is 35.6 Å². The van der Waals surface area contributed by atoms with Crippen LogP contribution in [0.5, 0.6) is 0 Å². The van der Waals surface area contributed by atoms with Crippen molar-refractivity contribution in [2.75, 3.05) is 33.3 Å². The van der Waals surface area contributed by atoms with Crippen molar-refractivity contribution in [1.82, 2.24) is 9.80 Å². The van der Waals surface area contributed by atoms with Gasteiger partial charge in [-0.3, -0.25) is 9.69 Å². The third-order valence-corrected chi connectivity index (χ3v) is 4.22. The number of hydrogen-bond donors (Lipinski definition) is 0. The molecule has 1 aliphatic heterocycles. The van der Waals surface area contributed by atoms with Gasteiger partial charge in [0.05, 0.1) is 7.11 Å². The van der Waals surface area contributed by atoms with Gasteiger partial charge in [-0.25, -0.2) is 9.18 Å². The lowest BCUT2D eigenvalue weighted by Gasteiger charge is -2.38. The number of hydrogen-bond acceptors (Lipinski definition) is 5. The number of esters is 1. The Hall–Kier alpha value is -2.15. The van der Waals surface area contributed by atoms with Crippen molar-refractivity contribution in [1.29, 1.82) is 0 Å². The summed E-state index contributed by atoms with van der Waals surface area (Å²) in [4.78, 5) is 28.0. The Morgan fingerprint density at radius 2 is 1.69 bits per heavy atom. The summed E-state index contributed by atoms with van der Waals surface area (Å²) in [6, 6.07) is 5.63. The molecule has 1 heterocycles. The van der Waals surface area contributed by atoms with E-state index in [4.69, 9.17) is 9.47 Å². The SMILES string of the molecule is COC(=O)[C@H](Cc1ccc(F)cc1)N1CCN(C(=O)OC(C)(C)C)CC1. The Kier molecular flexibility index (Phi) is 6.58. The number of rotatable bonds is 4. The maximum atomic E-state index is 13.1. The lowest BCUT2D eigenvalue weighted by Crippen LogP contribution is -2.55. The van der Waals surface area contributed by atoms with E-state index in [1.165, 1.54) is 19.2 Å². The summed E-state index contributed by atoms with van der Waals surface area (Å²) in [5, 5.41) is 0. The standard InChI is InChI=1S/C19H27FN2O4/c1-19(2,3)26-18(24)22-11-9-21(10-12-22)16(17(23)25-4)13-14-5-7-15(20)8-6-14/h5-8,16H,9-13H2,1-4H3/t16-/m0/s1. The quantitative estimate of drug-likeness (QED) is 0.766. The first-order valence-electron chi connectivity index (χ1n) is 8.74. The molecule has 6 nitrogen and oxygen atoms in total. The smallest absolute Gasteiger partial charge is 0.410 e. The van der Waals surface area contributed by atoms with E-state index in [9.17, 15) is 14.0 Å². The monoisotopic (exact) mass is 366 g/mol. The molecular formula is C19H27FN2O4. The van der Waals surface area contributed by atoms with Crippen molar-refractivity contribution in [3.63, 3.8) is 0 Å². The number of halogens is 1. The topological polar surface area (TPSA) is 59.1 Å². The summed E-state index contributed by atoms with van der Waals surface area (Å²) in [6.07, 6.45) is 0.0876. The third-order valence-electron chi connectivity index (χ3n) is 4.22. The van der Waals surface area contributed by atoms with Crippen LogP contribution in [0.15, 0.2) is 24.3 Å². The number of benzene rings is 1. The molecule has 0 radical (unpaired) electrons. The van der Waals surface area contributed by atoms with Gasteiger partial charge in [0.25, 0.3) is 0 Å². The summed E-state index contributed by atoms with van der Waals surface area (Å²) in [7, 11) is 1.36. The molecule has 0 aromatic heterocycles. The summed E-state index contributed by atoms with van der Waals surface area (Å²) >= 11 is 0. The van der Waals surface area contributed by atoms with E-state index in [0.717, 1.165) is 5.56 Å². The number of piperazine rings is 1. The number of ether oxygens (including phenoxy) is 2. The van der Waals surface area contributed by atoms with E-state index in [-0.39, 0.29) is 17.9 Å². The zero-order chi connectivity index (χ0) is 19.3. The predicted octanol–water partition coefficient (Wildman–Crippen LogP) is 2.46. The van der Waals surface area contributed by atoms with E-state index >= 15 is 0 Å². The Morgan fingerprint density at radius 3 is 2.19 bits per heavy atom. The average Bonchev–Trinajstić information content (AvgIpc) is 2.59. The maximum absolute atomic E-state index is 13.1. The normalized spacial score (nSPS) is 16.9. The third kappa shape index (κ3) is 5.69. The molecule has 1 amide bonds. The molecular weight excluding hydrogens is 339 g/mol. The van der Waals surface area contributed by atoms with Gasteiger partial charge in [0.15, 0.2) is 0 Å². The fourth-order valence-corrected chi connectivity index (χ4v) is 2.88. The highest BCUT2D eigenvalue weighted by atomic mass is 19.1. The van der Waals surface area contributed by atoms with Crippen LogP contribution in [0.1, 0.15) is 26.3 Å². The van der Waals surface area contributed by atoms with Crippen LogP contribution in [0.4, 0.5) is 9.18 Å². The van der Waals surface area contributed by atoms with Crippen LogP contribution >= 0.6 is 0 Å². The molecule has 0 spiro atoms. The minimum atomic E-state index is -0.536. The first-order valence-corrected chi connectivity index (χ1v) is 8.74. The zero-order valence-corrected chi connectivity index (χ0v) is 15.8. The first-order chi connectivity index (χ1) is 12.2. The van der Waals surface area contributed by atoms with Crippen LogP contribution in [0.25, 0.3) is 0 Å². The predicted molar refractivity (Wildman–Crippen MR) is 95.3 cm³/mol. The number of carbonyl (C=O) groups excluding carboxylic acids is 2. The second kappa shape index (κ2) is 8.49. The molecule has 1 aromatic rings. The van der Waals surface area contributed by atoms with Crippen LogP contribution in [-0.4, -0.2) is 66.8 Å². The van der Waals surface area contributed by atoms with E-state index in [1.54, 1.807) is 17.0 Å². The highest BCUT2D eigenvalue weighted by molar-refractivity contribution is 5.76. The van der Waals surface area contributed by atoms with Gasteiger partial charge in [-0.15, -0.1) is 0 Å². The fraction of sp³-hybridized carbons (Fsp3) is 0.579. The molecule has 0 aliphatic carbocycles. The van der Waals surface area contributed by atoms with E-state index < -0.39 is 11.6 Å². The number of nitrogens with zero attached hydrogens (tertiary/aromatic N) is 2. The van der Waals surface area contributed by atoms with Crippen molar-refractivity contribution >= 4 is 12.1 Å². The minimum Gasteiger partial charge on any atom is -0.468 e. The van der Waals surface area contributed by atoms with Crippen LogP contribution in [0.3, 0.4) is 0 Å². The molecule has 1 atom stereocenters. The van der Waals surface area contributed by atoms with Gasteiger partial charge in [-0.05, 0) is 44.9 Å². The lowest BCUT2D eigenvalue weighted by atomic mass is 10.0. The number of amides is 1. The molecule has 1 aliphatic rings. The van der Waals surface area contributed by atoms with Gasteiger partial charge in [-0.1, -0.05) is 12.1 Å². The van der Waals surface area contributed by atoms with Gasteiger partial charge < -0.3 is 14.4 Å². The van der Waals surface area contributed by atoms with Crippen molar-refractivity contribution < 1.29 is 23.5 Å². The van der Waals surface area contributed by atoms with Gasteiger partial charge in [0, 0.05) is 26.2 Å². The zero-order valence-electron chi connectivity index (χ0n) is 15.8. The minimum absolute atomic E-state index is 0.311. The van der Waals surface area contributed by atoms with Crippen molar-refractivity contribution in [2.45, 2.75) is 38.8 Å². The van der Waals surface area contributed by atoms with E-state index in [0.29, 0.717) is 32.6 Å². The largest absolute Gasteiger partial charge is 0.468 e. The van der Waals surface area contributed by atoms with Gasteiger partial charge in [-0.2, -0.15) is 0 Å². The summed E-state index contributed by atoms with van der Waals surface area (Å²) in [5.41, 5.74) is 0.321. The molecule has 26 heavy (non-hydrogen) atoms. The number of methoxy groups -OCH3 is 1. The van der Waals surface area contributed by atoms with Crippen LogP contribution in [-0.2, 0) is 20.7 Å². The molecule has 7 heteroatoms. The molecule has 2 rings (SSSR count). The molecule has 144 valence electrons. The van der Waals surface area contributed by atoms with Crippen molar-refractivity contribution in [3.8, 4) is 0 Å². The molecule has 1 aromatic carbocycles. The molecule has 0 unspecified atom stereocenters. The second-order valence-electron chi connectivity index (χ2n) is 7.37. The molecule has 0 N–H and O–H groups in total. The molecule has 1 saturated heterocycles. The second-order valence-corrected chi connectivity index (χ2v) is 7.37. The Balaban J connectivity index is 1.99. The summed E-state index contributed by atoms with van der Waals surface area (Å²) < 4.78 is 23.4. The Morgan fingerprint density at radius 1 is 1.12 bits per heavy atom. The lowest BCUT2D eigenvalue weighted by molar-refractivity contribution is -0.147. The van der Waals surface area contributed by atoms with E-state index in [1.807, 2.05) is 25.7 Å². The fourth-order valence-electron chi connectivity index (χ4n) is 2.88. The highest BCUT2D eigenvalue weighted by Crippen LogP contribution is 2.16. The maximum Gasteiger partial charge on any atom is 0.410 e. The van der Waals surface area contributed by atoms with Crippen molar-refractivity contribution in [2.24, 2.45) is 0 Å². The van der Waals surface area contributed by atoms with E-state index in [2.05, 4.69) is 0 Å². The van der Waals surface area contributed by atoms with Crippen LogP contribution in [0, 0.1) is 5.82 Å². The average molecular weight is 366 g/mol. The number of carbonyl (C=O) groups is 2.